The molecule has 8 nitrogen and oxygen atoms in total. The molecule has 0 bridgehead atoms. The molecule has 2 aromatic rings. The van der Waals surface area contributed by atoms with Crippen molar-refractivity contribution >= 4 is 11.2 Å². The van der Waals surface area contributed by atoms with Crippen molar-refractivity contribution in [1.82, 2.24) is 24.0 Å². The van der Waals surface area contributed by atoms with E-state index < -0.39 is 6.23 Å². The first-order valence-corrected chi connectivity index (χ1v) is 14.9. The van der Waals surface area contributed by atoms with Crippen LogP contribution in [0.15, 0.2) is 15.9 Å². The molecule has 0 saturated heterocycles. The van der Waals surface area contributed by atoms with Crippen LogP contribution < -0.4 is 16.6 Å². The molecule has 2 unspecified atom stereocenters. The summed E-state index contributed by atoms with van der Waals surface area (Å²) in [7, 11) is 3.44. The third-order valence-electron chi connectivity index (χ3n) is 7.53. The lowest BCUT2D eigenvalue weighted by atomic mass is 10.0. The molecule has 2 atom stereocenters. The van der Waals surface area contributed by atoms with Gasteiger partial charge in [-0.1, -0.05) is 90.4 Å². The quantitative estimate of drug-likeness (QED) is 0.171. The minimum absolute atomic E-state index is 0.252. The molecule has 212 valence electrons. The Labute approximate surface area is 223 Å². The van der Waals surface area contributed by atoms with E-state index in [9.17, 15) is 14.7 Å². The minimum Gasteiger partial charge on any atom is -0.379 e. The zero-order valence-corrected chi connectivity index (χ0v) is 24.0. The number of nitrogens with zero attached hydrogens (tertiary/aromatic N) is 4. The summed E-state index contributed by atoms with van der Waals surface area (Å²) in [6.45, 7) is 4.89. The van der Waals surface area contributed by atoms with E-state index in [0.717, 1.165) is 57.8 Å². The summed E-state index contributed by atoms with van der Waals surface area (Å²) in [6.07, 6.45) is 21.2. The molecule has 0 amide bonds. The average molecular weight is 520 g/mol. The Balaban J connectivity index is 1.48. The summed E-state index contributed by atoms with van der Waals surface area (Å²) >= 11 is 0. The molecule has 8 heteroatoms. The zero-order chi connectivity index (χ0) is 27.0. The minimum atomic E-state index is -0.401. The first-order chi connectivity index (χ1) is 17.9. The Morgan fingerprint density at radius 3 is 2.00 bits per heavy atom. The van der Waals surface area contributed by atoms with Gasteiger partial charge >= 0.3 is 5.69 Å². The van der Waals surface area contributed by atoms with Crippen LogP contribution in [0.25, 0.3) is 11.2 Å². The van der Waals surface area contributed by atoms with E-state index in [1.54, 1.807) is 25.0 Å². The molecular weight excluding hydrogens is 466 g/mol. The molecule has 0 radical (unpaired) electrons. The average Bonchev–Trinajstić information content (AvgIpc) is 3.26. The van der Waals surface area contributed by atoms with Crippen LogP contribution in [0.1, 0.15) is 123 Å². The van der Waals surface area contributed by atoms with Crippen molar-refractivity contribution in [3.05, 3.63) is 27.2 Å². The summed E-state index contributed by atoms with van der Waals surface area (Å²) in [6, 6.07) is 0.373. The van der Waals surface area contributed by atoms with Crippen LogP contribution in [0, 0.1) is 0 Å². The van der Waals surface area contributed by atoms with Gasteiger partial charge in [-0.2, -0.15) is 0 Å². The van der Waals surface area contributed by atoms with E-state index in [1.807, 2.05) is 0 Å². The lowest BCUT2D eigenvalue weighted by Crippen LogP contribution is -2.39. The topological polar surface area (TPSA) is 94.1 Å². The Hall–Kier alpha value is -1.93. The lowest BCUT2D eigenvalue weighted by molar-refractivity contribution is 0.110. The Morgan fingerprint density at radius 1 is 0.838 bits per heavy atom. The zero-order valence-electron chi connectivity index (χ0n) is 24.0. The summed E-state index contributed by atoms with van der Waals surface area (Å²) in [5.74, 6) is 0. The molecule has 2 heterocycles. The van der Waals surface area contributed by atoms with E-state index in [2.05, 4.69) is 24.1 Å². The Morgan fingerprint density at radius 2 is 1.38 bits per heavy atom. The van der Waals surface area contributed by atoms with Crippen molar-refractivity contribution in [2.75, 3.05) is 0 Å². The maximum Gasteiger partial charge on any atom is 0.332 e. The predicted octanol–water partition coefficient (Wildman–Crippen LogP) is 5.38. The summed E-state index contributed by atoms with van der Waals surface area (Å²) in [4.78, 5) is 29.4. The van der Waals surface area contributed by atoms with Crippen LogP contribution in [0.2, 0.25) is 0 Å². The SMILES string of the molecule is CCCCCCCCCCC(C)NC(O)CCCCCCCCCn1c(=O)c2c(ncn2C)n(C)c1=O. The summed E-state index contributed by atoms with van der Waals surface area (Å²) < 4.78 is 4.48. The summed E-state index contributed by atoms with van der Waals surface area (Å²) in [5.41, 5.74) is 0.362. The fraction of sp³-hybridized carbons (Fsp3) is 0.828. The van der Waals surface area contributed by atoms with Crippen LogP contribution in [-0.4, -0.2) is 36.1 Å². The highest BCUT2D eigenvalue weighted by Crippen LogP contribution is 2.13. The van der Waals surface area contributed by atoms with E-state index >= 15 is 0 Å². The van der Waals surface area contributed by atoms with Gasteiger partial charge in [0.25, 0.3) is 5.56 Å². The van der Waals surface area contributed by atoms with Gasteiger partial charge in [0.2, 0.25) is 0 Å². The highest BCUT2D eigenvalue weighted by Gasteiger charge is 2.14. The van der Waals surface area contributed by atoms with Gasteiger partial charge in [-0.15, -0.1) is 0 Å². The first-order valence-electron chi connectivity index (χ1n) is 14.9. The number of aliphatic hydroxyl groups is 1. The van der Waals surface area contributed by atoms with Crippen molar-refractivity contribution in [2.45, 2.75) is 142 Å². The molecular formula is C29H53N5O3. The van der Waals surface area contributed by atoms with Gasteiger partial charge in [0.1, 0.15) is 6.23 Å². The molecule has 0 aliphatic carbocycles. The predicted molar refractivity (Wildman–Crippen MR) is 153 cm³/mol. The van der Waals surface area contributed by atoms with Gasteiger partial charge in [0.05, 0.1) is 6.33 Å². The number of aryl methyl sites for hydroxylation is 2. The number of nitrogens with one attached hydrogen (secondary N) is 1. The number of rotatable bonds is 21. The van der Waals surface area contributed by atoms with Crippen LogP contribution in [-0.2, 0) is 20.6 Å². The molecule has 0 aliphatic heterocycles. The van der Waals surface area contributed by atoms with E-state index in [1.165, 1.54) is 60.5 Å². The van der Waals surface area contributed by atoms with E-state index in [4.69, 9.17) is 0 Å². The van der Waals surface area contributed by atoms with Gasteiger partial charge in [0, 0.05) is 26.7 Å². The second-order valence-corrected chi connectivity index (χ2v) is 10.9. The number of hydrogen-bond acceptors (Lipinski definition) is 5. The molecule has 0 aromatic carbocycles. The van der Waals surface area contributed by atoms with E-state index in [-0.39, 0.29) is 11.2 Å². The Bertz CT molecular complexity index is 1010. The normalized spacial score (nSPS) is 13.4. The maximum absolute atomic E-state index is 12.7. The number of fused-ring (bicyclic) bond motifs is 1. The molecule has 37 heavy (non-hydrogen) atoms. The molecule has 2 N–H and O–H groups in total. The van der Waals surface area contributed by atoms with Crippen LogP contribution in [0.4, 0.5) is 0 Å². The third-order valence-corrected chi connectivity index (χ3v) is 7.53. The van der Waals surface area contributed by atoms with Crippen LogP contribution in [0.5, 0.6) is 0 Å². The van der Waals surface area contributed by atoms with Crippen molar-refractivity contribution in [2.24, 2.45) is 14.1 Å². The highest BCUT2D eigenvalue weighted by atomic mass is 16.3. The highest BCUT2D eigenvalue weighted by molar-refractivity contribution is 5.69. The van der Waals surface area contributed by atoms with Gasteiger partial charge in [0.15, 0.2) is 11.2 Å². The molecule has 0 spiro atoms. The van der Waals surface area contributed by atoms with Crippen molar-refractivity contribution in [3.63, 3.8) is 0 Å². The van der Waals surface area contributed by atoms with Crippen molar-refractivity contribution < 1.29 is 5.11 Å². The van der Waals surface area contributed by atoms with Crippen molar-refractivity contribution in [3.8, 4) is 0 Å². The number of hydrogen-bond donors (Lipinski definition) is 2. The summed E-state index contributed by atoms with van der Waals surface area (Å²) in [5, 5.41) is 13.6. The maximum atomic E-state index is 12.7. The molecule has 0 fully saturated rings. The van der Waals surface area contributed by atoms with E-state index in [0.29, 0.717) is 23.8 Å². The largest absolute Gasteiger partial charge is 0.379 e. The number of aliphatic hydroxyl groups excluding tert-OH is 1. The Kier molecular flexibility index (Phi) is 14.8. The van der Waals surface area contributed by atoms with Gasteiger partial charge < -0.3 is 9.67 Å². The molecule has 0 aliphatic rings. The van der Waals surface area contributed by atoms with Crippen LogP contribution in [0.3, 0.4) is 0 Å². The molecule has 2 rings (SSSR count). The number of imidazole rings is 1. The van der Waals surface area contributed by atoms with Crippen LogP contribution >= 0.6 is 0 Å². The van der Waals surface area contributed by atoms with Crippen molar-refractivity contribution in [1.29, 1.82) is 0 Å². The fourth-order valence-electron chi connectivity index (χ4n) is 5.16. The smallest absolute Gasteiger partial charge is 0.332 e. The monoisotopic (exact) mass is 519 g/mol. The van der Waals surface area contributed by atoms with Gasteiger partial charge in [-0.25, -0.2) is 9.78 Å². The number of aromatic nitrogens is 4. The molecule has 2 aromatic heterocycles. The van der Waals surface area contributed by atoms with Gasteiger partial charge in [-0.3, -0.25) is 19.2 Å². The number of unbranched alkanes of at least 4 members (excludes halogenated alkanes) is 13. The second kappa shape index (κ2) is 17.6. The first kappa shape index (κ1) is 31.3. The molecule has 0 saturated carbocycles. The fourth-order valence-corrected chi connectivity index (χ4v) is 5.16. The standard InChI is InChI=1S/C29H53N5O3/c1-5-6-7-8-9-11-14-17-20-24(2)31-25(35)21-18-15-12-10-13-16-19-22-34-28(36)26-27(30-23-32(26)3)33(4)29(34)37/h23-25,31,35H,5-22H2,1-4H3. The van der Waals surface area contributed by atoms with Gasteiger partial charge in [-0.05, 0) is 32.6 Å². The second-order valence-electron chi connectivity index (χ2n) is 10.9. The third kappa shape index (κ3) is 10.8. The lowest BCUT2D eigenvalue weighted by Gasteiger charge is -2.19.